The first kappa shape index (κ1) is 23.4. The molecular formula is C22H18F4N6OS. The Labute approximate surface area is 195 Å². The Kier molecular flexibility index (Phi) is 6.09. The van der Waals surface area contributed by atoms with E-state index in [0.29, 0.717) is 46.5 Å². The number of carbonyl (C=O) groups excluding carboxylic acids is 1. The molecular weight excluding hydrogens is 472 g/mol. The molecule has 176 valence electrons. The van der Waals surface area contributed by atoms with E-state index in [2.05, 4.69) is 15.3 Å². The summed E-state index contributed by atoms with van der Waals surface area (Å²) >= 11 is 1.44. The summed E-state index contributed by atoms with van der Waals surface area (Å²) in [6, 6.07) is 7.68. The number of carbonyl (C=O) groups is 1. The van der Waals surface area contributed by atoms with Crippen molar-refractivity contribution in [3.05, 3.63) is 66.2 Å². The molecule has 0 aliphatic carbocycles. The maximum atomic E-state index is 14.1. The lowest BCUT2D eigenvalue weighted by Gasteiger charge is -2.20. The fraction of sp³-hybridized carbons (Fsp3) is 0.136. The van der Waals surface area contributed by atoms with Crippen LogP contribution in [0.2, 0.25) is 0 Å². The third-order valence-corrected chi connectivity index (χ3v) is 5.74. The van der Waals surface area contributed by atoms with Gasteiger partial charge in [-0.2, -0.15) is 13.2 Å². The first-order valence-corrected chi connectivity index (χ1v) is 11.0. The molecule has 7 nitrogen and oxygen atoms in total. The van der Waals surface area contributed by atoms with Crippen molar-refractivity contribution in [2.24, 2.45) is 0 Å². The van der Waals surface area contributed by atoms with Crippen molar-refractivity contribution >= 4 is 40.5 Å². The van der Waals surface area contributed by atoms with Crippen LogP contribution in [0.5, 0.6) is 0 Å². The molecule has 12 heteroatoms. The van der Waals surface area contributed by atoms with E-state index < -0.39 is 29.3 Å². The van der Waals surface area contributed by atoms with Gasteiger partial charge < -0.3 is 11.1 Å². The van der Waals surface area contributed by atoms with Crippen molar-refractivity contribution in [3.63, 3.8) is 0 Å². The van der Waals surface area contributed by atoms with Gasteiger partial charge in [-0.1, -0.05) is 23.9 Å². The van der Waals surface area contributed by atoms with E-state index in [4.69, 9.17) is 5.73 Å². The Morgan fingerprint density at radius 1 is 1.18 bits per heavy atom. The number of hydrogen-bond donors (Lipinski definition) is 2. The van der Waals surface area contributed by atoms with Crippen molar-refractivity contribution in [2.45, 2.75) is 11.3 Å². The van der Waals surface area contributed by atoms with E-state index in [1.807, 2.05) is 10.7 Å². The lowest BCUT2D eigenvalue weighted by atomic mass is 10.1. The zero-order chi connectivity index (χ0) is 24.6. The van der Waals surface area contributed by atoms with E-state index in [0.717, 1.165) is 10.1 Å². The second-order valence-electron chi connectivity index (χ2n) is 7.21. The fourth-order valence-electron chi connectivity index (χ4n) is 3.36. The molecule has 0 atom stereocenters. The molecule has 2 heterocycles. The summed E-state index contributed by atoms with van der Waals surface area (Å²) in [6.07, 6.45) is 0.556. The van der Waals surface area contributed by atoms with Crippen LogP contribution in [0.25, 0.3) is 16.8 Å². The molecule has 0 saturated carbocycles. The van der Waals surface area contributed by atoms with Gasteiger partial charge in [0, 0.05) is 30.7 Å². The summed E-state index contributed by atoms with van der Waals surface area (Å²) in [7, 11) is 1.18. The number of nitrogen functional groups attached to an aromatic ring is 1. The molecule has 4 aromatic rings. The number of aromatic nitrogens is 3. The fourth-order valence-corrected chi connectivity index (χ4v) is 3.89. The van der Waals surface area contributed by atoms with Crippen molar-refractivity contribution in [3.8, 4) is 11.3 Å². The molecule has 3 N–H and O–H groups in total. The first-order valence-electron chi connectivity index (χ1n) is 9.78. The van der Waals surface area contributed by atoms with Gasteiger partial charge >= 0.3 is 12.2 Å². The number of halogens is 4. The molecule has 0 aliphatic rings. The van der Waals surface area contributed by atoms with E-state index in [1.54, 1.807) is 36.7 Å². The van der Waals surface area contributed by atoms with E-state index in [9.17, 15) is 22.4 Å². The van der Waals surface area contributed by atoms with Crippen molar-refractivity contribution in [2.75, 3.05) is 29.3 Å². The van der Waals surface area contributed by atoms with Crippen LogP contribution in [-0.4, -0.2) is 33.7 Å². The summed E-state index contributed by atoms with van der Waals surface area (Å²) in [5.74, 6) is -0.643. The number of amides is 2. The summed E-state index contributed by atoms with van der Waals surface area (Å²) in [6.45, 7) is 0. The van der Waals surface area contributed by atoms with Gasteiger partial charge in [-0.3, -0.25) is 9.30 Å². The lowest BCUT2D eigenvalue weighted by molar-refractivity contribution is -0.137. The number of alkyl halides is 3. The number of anilines is 3. The highest BCUT2D eigenvalue weighted by molar-refractivity contribution is 7.98. The number of nitrogens with one attached hydrogen (secondary N) is 1. The predicted molar refractivity (Wildman–Crippen MR) is 123 cm³/mol. The minimum atomic E-state index is -4.66. The van der Waals surface area contributed by atoms with E-state index in [-0.39, 0.29) is 0 Å². The van der Waals surface area contributed by atoms with Crippen LogP contribution in [0.4, 0.5) is 39.5 Å². The number of nitrogens with zero attached hydrogens (tertiary/aromatic N) is 4. The molecule has 0 spiro atoms. The number of urea groups is 1. The Hall–Kier alpha value is -3.80. The van der Waals surface area contributed by atoms with Crippen LogP contribution in [-0.2, 0) is 6.18 Å². The standard InChI is InChI=1S/C22H18F4N6OS/c1-31(16-11-13(22(24,25)26)5-8-15(16)23)20(33)29-14-6-3-12(4-7-14)17-18-19(27)28-9-10-32(18)21(30-17)34-2/h3-11H,1-2H3,(H2,27,28)(H,29,33). The van der Waals surface area contributed by atoms with E-state index >= 15 is 0 Å². The maximum Gasteiger partial charge on any atom is 0.416 e. The predicted octanol–water partition coefficient (Wildman–Crippen LogP) is 5.53. The zero-order valence-corrected chi connectivity index (χ0v) is 18.7. The summed E-state index contributed by atoms with van der Waals surface area (Å²) < 4.78 is 54.9. The molecule has 0 fully saturated rings. The number of benzene rings is 2. The second-order valence-corrected chi connectivity index (χ2v) is 7.98. The molecule has 0 unspecified atom stereocenters. The van der Waals surface area contributed by atoms with Gasteiger partial charge in [0.15, 0.2) is 5.16 Å². The summed E-state index contributed by atoms with van der Waals surface area (Å²) in [5.41, 5.74) is 6.81. The van der Waals surface area contributed by atoms with Crippen LogP contribution < -0.4 is 16.0 Å². The van der Waals surface area contributed by atoms with Gasteiger partial charge in [-0.15, -0.1) is 0 Å². The number of thioether (sulfide) groups is 1. The summed E-state index contributed by atoms with van der Waals surface area (Å²) in [4.78, 5) is 22.1. The van der Waals surface area contributed by atoms with Gasteiger partial charge in [0.25, 0.3) is 0 Å². The van der Waals surface area contributed by atoms with Gasteiger partial charge in [0.05, 0.1) is 11.3 Å². The zero-order valence-electron chi connectivity index (χ0n) is 17.9. The van der Waals surface area contributed by atoms with E-state index in [1.165, 1.54) is 18.8 Å². The second kappa shape index (κ2) is 8.86. The molecule has 2 aromatic carbocycles. The van der Waals surface area contributed by atoms with Crippen molar-refractivity contribution < 1.29 is 22.4 Å². The number of imidazole rings is 1. The summed E-state index contributed by atoms with van der Waals surface area (Å²) in [5, 5.41) is 3.26. The SMILES string of the molecule is CSc1nc(-c2ccc(NC(=O)N(C)c3cc(C(F)(F)F)ccc3F)cc2)c2c(N)nccn12. The monoisotopic (exact) mass is 490 g/mol. The quantitative estimate of drug-likeness (QED) is 0.290. The minimum absolute atomic E-state index is 0.312. The van der Waals surface area contributed by atoms with Crippen LogP contribution in [0, 0.1) is 5.82 Å². The first-order chi connectivity index (χ1) is 16.1. The topological polar surface area (TPSA) is 88.5 Å². The largest absolute Gasteiger partial charge is 0.416 e. The highest BCUT2D eigenvalue weighted by atomic mass is 32.2. The molecule has 34 heavy (non-hydrogen) atoms. The third-order valence-electron chi connectivity index (χ3n) is 5.08. The molecule has 2 aromatic heterocycles. The Morgan fingerprint density at radius 2 is 1.88 bits per heavy atom. The lowest BCUT2D eigenvalue weighted by Crippen LogP contribution is -2.32. The Morgan fingerprint density at radius 3 is 2.53 bits per heavy atom. The van der Waals surface area contributed by atoms with Crippen molar-refractivity contribution in [1.29, 1.82) is 0 Å². The highest BCUT2D eigenvalue weighted by Gasteiger charge is 2.32. The van der Waals surface area contributed by atoms with Crippen LogP contribution in [0.1, 0.15) is 5.56 Å². The minimum Gasteiger partial charge on any atom is -0.382 e. The van der Waals surface area contributed by atoms with Gasteiger partial charge in [-0.25, -0.2) is 19.2 Å². The normalized spacial score (nSPS) is 11.6. The van der Waals surface area contributed by atoms with Gasteiger partial charge in [-0.05, 0) is 36.6 Å². The van der Waals surface area contributed by atoms with Gasteiger partial charge in [0.1, 0.15) is 22.8 Å². The third kappa shape index (κ3) is 4.36. The Balaban J connectivity index is 1.57. The molecule has 2 amide bonds. The average Bonchev–Trinajstić information content (AvgIpc) is 3.19. The van der Waals surface area contributed by atoms with Crippen LogP contribution >= 0.6 is 11.8 Å². The van der Waals surface area contributed by atoms with Crippen LogP contribution in [0.15, 0.2) is 60.0 Å². The molecule has 0 aliphatic heterocycles. The molecule has 0 saturated heterocycles. The average molecular weight is 490 g/mol. The number of hydrogen-bond acceptors (Lipinski definition) is 5. The highest BCUT2D eigenvalue weighted by Crippen LogP contribution is 2.34. The molecule has 0 bridgehead atoms. The number of fused-ring (bicyclic) bond motifs is 1. The molecule has 4 rings (SSSR count). The number of nitrogens with two attached hydrogens (primary N) is 1. The van der Waals surface area contributed by atoms with Gasteiger partial charge in [0.2, 0.25) is 0 Å². The Bertz CT molecular complexity index is 1370. The smallest absolute Gasteiger partial charge is 0.382 e. The number of rotatable bonds is 4. The maximum absolute atomic E-state index is 14.1. The van der Waals surface area contributed by atoms with Crippen LogP contribution in [0.3, 0.4) is 0 Å². The van der Waals surface area contributed by atoms with Crippen molar-refractivity contribution in [1.82, 2.24) is 14.4 Å². The molecule has 0 radical (unpaired) electrons.